The van der Waals surface area contributed by atoms with E-state index >= 15 is 0 Å². The summed E-state index contributed by atoms with van der Waals surface area (Å²) < 4.78 is 13.1. The Balaban J connectivity index is 1.26. The maximum Gasteiger partial charge on any atom is 0.410 e. The molecule has 5 rings (SSSR count). The van der Waals surface area contributed by atoms with E-state index in [0.29, 0.717) is 17.5 Å². The summed E-state index contributed by atoms with van der Waals surface area (Å²) in [6.45, 7) is 13.6. The molecule has 1 fully saturated rings. The molecule has 0 saturated carbocycles. The fourth-order valence-electron chi connectivity index (χ4n) is 6.62. The molecule has 44 heavy (non-hydrogen) atoms. The van der Waals surface area contributed by atoms with Crippen molar-refractivity contribution in [3.8, 4) is 16.9 Å². The Labute approximate surface area is 266 Å². The second kappa shape index (κ2) is 13.0. The first-order valence-electron chi connectivity index (χ1n) is 15.7. The van der Waals surface area contributed by atoms with E-state index in [1.165, 1.54) is 16.7 Å². The monoisotopic (exact) mass is 619 g/mol. The Morgan fingerprint density at radius 3 is 2.48 bits per heavy atom. The number of carbonyl (C=O) groups is 1. The Morgan fingerprint density at radius 2 is 1.80 bits per heavy atom. The van der Waals surface area contributed by atoms with E-state index in [1.807, 2.05) is 57.8 Å². The molecule has 0 atom stereocenters. The lowest BCUT2D eigenvalue weighted by molar-refractivity contribution is 0.0184. The van der Waals surface area contributed by atoms with Gasteiger partial charge in [-0.2, -0.15) is 0 Å². The molecule has 8 heteroatoms. The van der Waals surface area contributed by atoms with Crippen molar-refractivity contribution in [3.05, 3.63) is 85.3 Å². The minimum atomic E-state index is -0.465. The maximum absolute atomic E-state index is 12.5. The molecule has 1 saturated heterocycles. The van der Waals surface area contributed by atoms with Crippen molar-refractivity contribution in [2.75, 3.05) is 26.7 Å². The minimum Gasteiger partial charge on any atom is -0.496 e. The van der Waals surface area contributed by atoms with Crippen LogP contribution >= 0.6 is 11.6 Å². The molecule has 7 nitrogen and oxygen atoms in total. The van der Waals surface area contributed by atoms with Gasteiger partial charge in [0.2, 0.25) is 0 Å². The van der Waals surface area contributed by atoms with E-state index in [1.54, 1.807) is 18.7 Å². The predicted molar refractivity (Wildman–Crippen MR) is 177 cm³/mol. The fourth-order valence-corrected chi connectivity index (χ4v) is 6.89. The Kier molecular flexibility index (Phi) is 9.47. The average Bonchev–Trinajstić information content (AvgIpc) is 2.98. The summed E-state index contributed by atoms with van der Waals surface area (Å²) in [5.74, 6) is 1.33. The molecule has 0 unspecified atom stereocenters. The van der Waals surface area contributed by atoms with Gasteiger partial charge in [-0.3, -0.25) is 9.69 Å². The van der Waals surface area contributed by atoms with Crippen LogP contribution < -0.4 is 10.3 Å². The first kappa shape index (κ1) is 32.1. The summed E-state index contributed by atoms with van der Waals surface area (Å²) in [6, 6.07) is 10.8. The number of carbonyl (C=O) groups excluding carboxylic acids is 1. The molecule has 2 aromatic carbocycles. The van der Waals surface area contributed by atoms with Gasteiger partial charge in [-0.25, -0.2) is 4.79 Å². The molecular formula is C36H46ClN3O4. The minimum absolute atomic E-state index is 0.0121. The van der Waals surface area contributed by atoms with Crippen LogP contribution in [0.3, 0.4) is 0 Å². The van der Waals surface area contributed by atoms with Gasteiger partial charge in [0.1, 0.15) is 11.4 Å². The predicted octanol–water partition coefficient (Wildman–Crippen LogP) is 7.08. The van der Waals surface area contributed by atoms with E-state index in [0.717, 1.165) is 85.4 Å². The Bertz CT molecular complexity index is 1600. The van der Waals surface area contributed by atoms with Crippen LogP contribution in [0.1, 0.15) is 67.0 Å². The zero-order chi connectivity index (χ0) is 31.8. The normalized spacial score (nSPS) is 16.1. The zero-order valence-electron chi connectivity index (χ0n) is 27.3. The van der Waals surface area contributed by atoms with Gasteiger partial charge in [-0.05, 0) is 106 Å². The highest BCUT2D eigenvalue weighted by Crippen LogP contribution is 2.37. The maximum atomic E-state index is 12.5. The summed E-state index contributed by atoms with van der Waals surface area (Å²) in [5.41, 5.74) is 8.44. The number of hydrogen-bond donors (Lipinski definition) is 0. The second-order valence-electron chi connectivity index (χ2n) is 13.5. The van der Waals surface area contributed by atoms with Crippen molar-refractivity contribution in [1.29, 1.82) is 0 Å². The third-order valence-corrected chi connectivity index (χ3v) is 9.55. The van der Waals surface area contributed by atoms with Crippen LogP contribution in [0, 0.1) is 19.8 Å². The van der Waals surface area contributed by atoms with Gasteiger partial charge in [0.25, 0.3) is 5.56 Å². The number of aromatic nitrogens is 1. The van der Waals surface area contributed by atoms with Crippen LogP contribution in [-0.4, -0.2) is 52.8 Å². The van der Waals surface area contributed by atoms with Crippen LogP contribution in [0.25, 0.3) is 11.1 Å². The summed E-state index contributed by atoms with van der Waals surface area (Å²) in [4.78, 5) is 29.2. The van der Waals surface area contributed by atoms with Crippen LogP contribution in [0.2, 0.25) is 5.02 Å². The molecule has 0 N–H and O–H groups in total. The summed E-state index contributed by atoms with van der Waals surface area (Å²) in [7, 11) is 3.47. The van der Waals surface area contributed by atoms with E-state index in [2.05, 4.69) is 23.1 Å². The second-order valence-corrected chi connectivity index (χ2v) is 13.9. The standard InChI is InChI=1S/C36H46ClN3O4/c1-23-24(2)34(41)38(6)21-30(23)28-18-32(37)31(33(19-28)43-7)22-39-14-13-29-26(9-8-10-27(29)20-39)17-25-11-15-40(16-12-25)35(42)44-36(3,4)5/h8-10,18-19,21,25H,11-17,20,22H2,1-7H3. The topological polar surface area (TPSA) is 64.0 Å². The number of fused-ring (bicyclic) bond motifs is 1. The lowest BCUT2D eigenvalue weighted by Gasteiger charge is -2.34. The van der Waals surface area contributed by atoms with Crippen molar-refractivity contribution in [2.24, 2.45) is 13.0 Å². The SMILES string of the molecule is COc1cc(-c2cn(C)c(=O)c(C)c2C)cc(Cl)c1CN1CCc2c(CC3CCN(C(=O)OC(C)(C)C)CC3)cccc2C1. The number of pyridine rings is 1. The molecule has 0 aliphatic carbocycles. The van der Waals surface area contributed by atoms with Crippen molar-refractivity contribution in [3.63, 3.8) is 0 Å². The largest absolute Gasteiger partial charge is 0.496 e. The lowest BCUT2D eigenvalue weighted by atomic mass is 9.85. The molecular weight excluding hydrogens is 574 g/mol. The van der Waals surface area contributed by atoms with Gasteiger partial charge in [0.05, 0.1) is 7.11 Å². The summed E-state index contributed by atoms with van der Waals surface area (Å²) in [5, 5.41) is 0.669. The number of piperidine rings is 1. The molecule has 2 aliphatic rings. The number of nitrogens with zero attached hydrogens (tertiary/aromatic N) is 3. The van der Waals surface area contributed by atoms with Crippen LogP contribution in [-0.2, 0) is 37.7 Å². The third kappa shape index (κ3) is 7.00. The van der Waals surface area contributed by atoms with Gasteiger partial charge in [0.15, 0.2) is 0 Å². The van der Waals surface area contributed by atoms with Crippen molar-refractivity contribution < 1.29 is 14.3 Å². The van der Waals surface area contributed by atoms with Gasteiger partial charge < -0.3 is 18.9 Å². The number of aryl methyl sites for hydroxylation is 1. The molecule has 1 aromatic heterocycles. The first-order valence-corrected chi connectivity index (χ1v) is 16.1. The Hall–Kier alpha value is -3.29. The third-order valence-electron chi connectivity index (χ3n) is 9.21. The molecule has 2 aliphatic heterocycles. The van der Waals surface area contributed by atoms with Gasteiger partial charge >= 0.3 is 6.09 Å². The highest BCUT2D eigenvalue weighted by atomic mass is 35.5. The van der Waals surface area contributed by atoms with Gasteiger partial charge in [-0.1, -0.05) is 29.8 Å². The number of ether oxygens (including phenoxy) is 2. The molecule has 0 radical (unpaired) electrons. The Morgan fingerprint density at radius 1 is 1.07 bits per heavy atom. The van der Waals surface area contributed by atoms with Crippen LogP contribution in [0.5, 0.6) is 5.75 Å². The summed E-state index contributed by atoms with van der Waals surface area (Å²) in [6.07, 6.45) is 5.73. The molecule has 3 aromatic rings. The molecule has 1 amide bonds. The summed E-state index contributed by atoms with van der Waals surface area (Å²) >= 11 is 6.93. The number of hydrogen-bond acceptors (Lipinski definition) is 5. The highest BCUT2D eigenvalue weighted by molar-refractivity contribution is 6.32. The molecule has 0 bridgehead atoms. The zero-order valence-corrected chi connectivity index (χ0v) is 28.0. The van der Waals surface area contributed by atoms with Crippen molar-refractivity contribution in [2.45, 2.75) is 79.0 Å². The van der Waals surface area contributed by atoms with Crippen molar-refractivity contribution in [1.82, 2.24) is 14.4 Å². The van der Waals surface area contributed by atoms with Gasteiger partial charge in [0, 0.05) is 67.7 Å². The van der Waals surface area contributed by atoms with E-state index < -0.39 is 5.60 Å². The van der Waals surface area contributed by atoms with Crippen molar-refractivity contribution >= 4 is 17.7 Å². The number of amides is 1. The fraction of sp³-hybridized carbons (Fsp3) is 0.500. The number of benzene rings is 2. The smallest absolute Gasteiger partial charge is 0.410 e. The highest BCUT2D eigenvalue weighted by Gasteiger charge is 2.28. The number of methoxy groups -OCH3 is 1. The quantitative estimate of drug-likeness (QED) is 0.295. The van der Waals surface area contributed by atoms with Crippen LogP contribution in [0.4, 0.5) is 4.79 Å². The van der Waals surface area contributed by atoms with Gasteiger partial charge in [-0.15, -0.1) is 0 Å². The molecule has 0 spiro atoms. The van der Waals surface area contributed by atoms with E-state index in [9.17, 15) is 9.59 Å². The van der Waals surface area contributed by atoms with E-state index in [4.69, 9.17) is 21.1 Å². The van der Waals surface area contributed by atoms with E-state index in [-0.39, 0.29) is 11.7 Å². The van der Waals surface area contributed by atoms with Crippen LogP contribution in [0.15, 0.2) is 41.3 Å². The lowest BCUT2D eigenvalue weighted by Crippen LogP contribution is -2.42. The number of halogens is 1. The molecule has 236 valence electrons. The number of likely N-dealkylation sites (tertiary alicyclic amines) is 1. The average molecular weight is 620 g/mol. The number of rotatable bonds is 6. The first-order chi connectivity index (χ1) is 20.8. The molecule has 3 heterocycles.